The molecule has 0 radical (unpaired) electrons. The molecule has 1 aromatic carbocycles. The molecule has 3 nitrogen and oxygen atoms in total. The van der Waals surface area contributed by atoms with Gasteiger partial charge in [0.25, 0.3) is 0 Å². The first kappa shape index (κ1) is 15.1. The van der Waals surface area contributed by atoms with Gasteiger partial charge in [-0.15, -0.1) is 0 Å². The normalized spacial score (nSPS) is 24.2. The highest BCUT2D eigenvalue weighted by molar-refractivity contribution is 6.00. The zero-order valence-electron chi connectivity index (χ0n) is 14.1. The van der Waals surface area contributed by atoms with Gasteiger partial charge >= 0.3 is 0 Å². The number of methoxy groups -OCH3 is 1. The summed E-state index contributed by atoms with van der Waals surface area (Å²) in [6, 6.07) is 6.51. The highest BCUT2D eigenvalue weighted by Gasteiger charge is 2.33. The van der Waals surface area contributed by atoms with E-state index in [1.54, 1.807) is 7.11 Å². The summed E-state index contributed by atoms with van der Waals surface area (Å²) in [6.07, 6.45) is 3.23. The van der Waals surface area contributed by atoms with Gasteiger partial charge in [-0.2, -0.15) is 0 Å². The topological polar surface area (TPSA) is 30.8 Å². The van der Waals surface area contributed by atoms with Crippen LogP contribution >= 0.6 is 0 Å². The van der Waals surface area contributed by atoms with Gasteiger partial charge in [-0.05, 0) is 47.1 Å². The number of fused-ring (bicyclic) bond motifs is 1. The van der Waals surface area contributed by atoms with E-state index in [-0.39, 0.29) is 11.5 Å². The van der Waals surface area contributed by atoms with Gasteiger partial charge in [0.15, 0.2) is 0 Å². The van der Waals surface area contributed by atoms with E-state index in [0.717, 1.165) is 18.1 Å². The molecule has 1 aromatic rings. The van der Waals surface area contributed by atoms with Crippen molar-refractivity contribution in [3.8, 4) is 5.75 Å². The van der Waals surface area contributed by atoms with Crippen LogP contribution in [0, 0.1) is 11.3 Å². The maximum atomic E-state index is 5.92. The fourth-order valence-corrected chi connectivity index (χ4v) is 3.02. The average Bonchev–Trinajstić information content (AvgIpc) is 2.95. The van der Waals surface area contributed by atoms with Gasteiger partial charge in [0.1, 0.15) is 12.4 Å². The average molecular weight is 299 g/mol. The third-order valence-corrected chi connectivity index (χ3v) is 4.62. The van der Waals surface area contributed by atoms with E-state index in [1.165, 1.54) is 16.7 Å². The van der Waals surface area contributed by atoms with Gasteiger partial charge in [-0.25, -0.2) is 4.99 Å². The Hall–Kier alpha value is -1.77. The van der Waals surface area contributed by atoms with E-state index in [9.17, 15) is 0 Å². The van der Waals surface area contributed by atoms with Crippen molar-refractivity contribution in [2.24, 2.45) is 16.3 Å². The van der Waals surface area contributed by atoms with Gasteiger partial charge in [0, 0.05) is 5.57 Å². The van der Waals surface area contributed by atoms with Crippen molar-refractivity contribution in [2.45, 2.75) is 40.2 Å². The third kappa shape index (κ3) is 2.77. The van der Waals surface area contributed by atoms with Crippen molar-refractivity contribution >= 4 is 12.0 Å². The zero-order valence-corrected chi connectivity index (χ0v) is 14.1. The van der Waals surface area contributed by atoms with Gasteiger partial charge in [0.05, 0.1) is 13.2 Å². The Kier molecular flexibility index (Phi) is 3.75. The first-order valence-electron chi connectivity index (χ1n) is 7.98. The lowest BCUT2D eigenvalue weighted by atomic mass is 9.84. The molecule has 1 heterocycles. The van der Waals surface area contributed by atoms with Crippen molar-refractivity contribution in [1.82, 2.24) is 0 Å². The second kappa shape index (κ2) is 5.45. The summed E-state index contributed by atoms with van der Waals surface area (Å²) in [5.41, 5.74) is 3.95. The SMILES string of the molecule is COc1ccc2c(c1)C[C@H](C)C(C1=N[C@@H](C(C)(C)C)CO1)=C2. The molecule has 3 rings (SSSR count). The molecule has 0 saturated heterocycles. The molecule has 0 amide bonds. The molecule has 0 aromatic heterocycles. The molecular weight excluding hydrogens is 274 g/mol. The largest absolute Gasteiger partial charge is 0.497 e. The van der Waals surface area contributed by atoms with Crippen LogP contribution in [0.15, 0.2) is 28.8 Å². The highest BCUT2D eigenvalue weighted by Crippen LogP contribution is 2.34. The van der Waals surface area contributed by atoms with E-state index in [0.29, 0.717) is 12.5 Å². The quantitative estimate of drug-likeness (QED) is 0.822. The molecule has 3 heteroatoms. The molecule has 118 valence electrons. The smallest absolute Gasteiger partial charge is 0.212 e. The Labute approximate surface area is 133 Å². The van der Waals surface area contributed by atoms with E-state index >= 15 is 0 Å². The molecular formula is C19H25NO2. The van der Waals surface area contributed by atoms with Crippen LogP contribution in [0.1, 0.15) is 38.8 Å². The summed E-state index contributed by atoms with van der Waals surface area (Å²) in [5, 5.41) is 0. The number of ether oxygens (including phenoxy) is 2. The second-order valence-corrected chi connectivity index (χ2v) is 7.40. The Morgan fingerprint density at radius 2 is 2.05 bits per heavy atom. The first-order chi connectivity index (χ1) is 10.4. The van der Waals surface area contributed by atoms with Gasteiger partial charge in [-0.1, -0.05) is 33.8 Å². The van der Waals surface area contributed by atoms with Gasteiger partial charge < -0.3 is 9.47 Å². The molecule has 2 aliphatic rings. The Morgan fingerprint density at radius 1 is 1.27 bits per heavy atom. The molecule has 1 aliphatic carbocycles. The molecule has 0 spiro atoms. The van der Waals surface area contributed by atoms with Crippen molar-refractivity contribution in [3.05, 3.63) is 34.9 Å². The standard InChI is InChI=1S/C19H25NO2/c1-12-8-14-9-15(21-5)7-6-13(14)10-16(12)18-20-17(11-22-18)19(2,3)4/h6-7,9-10,12,17H,8,11H2,1-5H3/t12-,17+/m0/s1. The van der Waals surface area contributed by atoms with Gasteiger partial charge in [-0.3, -0.25) is 0 Å². The number of aliphatic imine (C=N–C) groups is 1. The number of hydrogen-bond acceptors (Lipinski definition) is 3. The lowest BCUT2D eigenvalue weighted by Gasteiger charge is -2.23. The van der Waals surface area contributed by atoms with Gasteiger partial charge in [0.2, 0.25) is 5.90 Å². The minimum absolute atomic E-state index is 0.144. The Balaban J connectivity index is 1.93. The highest BCUT2D eigenvalue weighted by atomic mass is 16.5. The third-order valence-electron chi connectivity index (χ3n) is 4.62. The van der Waals surface area contributed by atoms with Crippen LogP contribution in [0.4, 0.5) is 0 Å². The Morgan fingerprint density at radius 3 is 2.68 bits per heavy atom. The molecule has 0 N–H and O–H groups in total. The minimum atomic E-state index is 0.144. The monoisotopic (exact) mass is 299 g/mol. The second-order valence-electron chi connectivity index (χ2n) is 7.40. The van der Waals surface area contributed by atoms with E-state index in [1.807, 2.05) is 6.07 Å². The summed E-state index contributed by atoms with van der Waals surface area (Å²) in [6.45, 7) is 9.58. The molecule has 0 fully saturated rings. The molecule has 0 saturated carbocycles. The van der Waals surface area contributed by atoms with Crippen LogP contribution in [-0.2, 0) is 11.2 Å². The number of rotatable bonds is 2. The lowest BCUT2D eigenvalue weighted by molar-refractivity contribution is 0.235. The van der Waals surface area contributed by atoms with Crippen molar-refractivity contribution in [3.63, 3.8) is 0 Å². The summed E-state index contributed by atoms with van der Waals surface area (Å²) in [7, 11) is 1.71. The Bertz CT molecular complexity index is 637. The molecule has 22 heavy (non-hydrogen) atoms. The maximum absolute atomic E-state index is 5.92. The number of benzene rings is 1. The number of hydrogen-bond donors (Lipinski definition) is 0. The summed E-state index contributed by atoms with van der Waals surface area (Å²) in [4.78, 5) is 4.84. The van der Waals surface area contributed by atoms with Crippen LogP contribution in [0.25, 0.3) is 6.08 Å². The van der Waals surface area contributed by atoms with E-state index in [4.69, 9.17) is 14.5 Å². The first-order valence-corrected chi connectivity index (χ1v) is 7.98. The van der Waals surface area contributed by atoms with E-state index < -0.39 is 0 Å². The molecule has 1 aliphatic heterocycles. The fraction of sp³-hybridized carbons (Fsp3) is 0.526. The summed E-state index contributed by atoms with van der Waals surface area (Å²) >= 11 is 0. The van der Waals surface area contributed by atoms with Crippen molar-refractivity contribution in [1.29, 1.82) is 0 Å². The molecule has 0 unspecified atom stereocenters. The van der Waals surface area contributed by atoms with Crippen LogP contribution in [0.5, 0.6) is 5.75 Å². The predicted octanol–water partition coefficient (Wildman–Crippen LogP) is 4.11. The minimum Gasteiger partial charge on any atom is -0.497 e. The van der Waals surface area contributed by atoms with Crippen LogP contribution < -0.4 is 4.74 Å². The zero-order chi connectivity index (χ0) is 15.9. The van der Waals surface area contributed by atoms with Crippen LogP contribution in [0.2, 0.25) is 0 Å². The predicted molar refractivity (Wildman–Crippen MR) is 90.5 cm³/mol. The number of nitrogens with zero attached hydrogens (tertiary/aromatic N) is 1. The maximum Gasteiger partial charge on any atom is 0.212 e. The van der Waals surface area contributed by atoms with Crippen LogP contribution in [0.3, 0.4) is 0 Å². The van der Waals surface area contributed by atoms with Crippen LogP contribution in [-0.4, -0.2) is 25.7 Å². The van der Waals surface area contributed by atoms with Crippen molar-refractivity contribution in [2.75, 3.05) is 13.7 Å². The lowest BCUT2D eigenvalue weighted by Crippen LogP contribution is -2.25. The molecule has 0 bridgehead atoms. The van der Waals surface area contributed by atoms with Crippen molar-refractivity contribution < 1.29 is 9.47 Å². The molecule has 2 atom stereocenters. The summed E-state index contributed by atoms with van der Waals surface area (Å²) in [5.74, 6) is 2.18. The fourth-order valence-electron chi connectivity index (χ4n) is 3.02. The van der Waals surface area contributed by atoms with E-state index in [2.05, 4.69) is 45.9 Å². The summed E-state index contributed by atoms with van der Waals surface area (Å²) < 4.78 is 11.2.